The third kappa shape index (κ3) is 2.09. The number of benzene rings is 1. The molecule has 0 spiro atoms. The van der Waals surface area contributed by atoms with Crippen LogP contribution in [0.25, 0.3) is 0 Å². The third-order valence-corrected chi connectivity index (χ3v) is 5.05. The minimum absolute atomic E-state index is 0.259. The molecule has 2 amide bonds. The van der Waals surface area contributed by atoms with Crippen molar-refractivity contribution < 1.29 is 19.1 Å². The van der Waals surface area contributed by atoms with Crippen molar-refractivity contribution in [3.8, 4) is 0 Å². The SMILES string of the molecule is COC(=O)[C@]1(C)N[C@H](c2ccc(C)cc2)[C@H]2C(=O)N(C)C(=O)[C@H]21. The number of esters is 1. The predicted octanol–water partition coefficient (Wildman–Crippen LogP) is 0.802. The maximum atomic E-state index is 12.6. The van der Waals surface area contributed by atoms with Gasteiger partial charge < -0.3 is 4.74 Å². The highest BCUT2D eigenvalue weighted by Crippen LogP contribution is 2.48. The summed E-state index contributed by atoms with van der Waals surface area (Å²) in [5, 5.41) is 3.19. The van der Waals surface area contributed by atoms with Gasteiger partial charge in [-0.3, -0.25) is 24.6 Å². The first-order chi connectivity index (χ1) is 10.8. The highest BCUT2D eigenvalue weighted by molar-refractivity contribution is 6.09. The summed E-state index contributed by atoms with van der Waals surface area (Å²) in [7, 11) is 2.75. The highest BCUT2D eigenvalue weighted by atomic mass is 16.5. The average Bonchev–Trinajstić information content (AvgIpc) is 2.97. The standard InChI is InChI=1S/C17H20N2O4/c1-9-5-7-10(8-6-9)13-11-12(15(21)19(3)14(11)20)17(2,18-13)16(22)23-4/h5-8,11-13,18H,1-4H3/t11-,12-,13+,17+/m0/s1. The maximum Gasteiger partial charge on any atom is 0.326 e. The van der Waals surface area contributed by atoms with Gasteiger partial charge >= 0.3 is 5.97 Å². The normalized spacial score (nSPS) is 33.0. The quantitative estimate of drug-likeness (QED) is 0.645. The minimum atomic E-state index is -1.22. The van der Waals surface area contributed by atoms with Crippen LogP contribution in [0.2, 0.25) is 0 Å². The van der Waals surface area contributed by atoms with Gasteiger partial charge in [0.25, 0.3) is 0 Å². The zero-order chi connectivity index (χ0) is 16.9. The van der Waals surface area contributed by atoms with Crippen molar-refractivity contribution in [1.82, 2.24) is 10.2 Å². The molecule has 1 N–H and O–H groups in total. The van der Waals surface area contributed by atoms with Crippen LogP contribution in [0.15, 0.2) is 24.3 Å². The van der Waals surface area contributed by atoms with Crippen molar-refractivity contribution in [2.45, 2.75) is 25.4 Å². The Morgan fingerprint density at radius 2 is 1.83 bits per heavy atom. The molecule has 1 aromatic rings. The number of nitrogens with zero attached hydrogens (tertiary/aromatic N) is 1. The molecule has 0 aromatic heterocycles. The largest absolute Gasteiger partial charge is 0.468 e. The van der Waals surface area contributed by atoms with Crippen molar-refractivity contribution in [3.05, 3.63) is 35.4 Å². The van der Waals surface area contributed by atoms with Crippen LogP contribution in [-0.2, 0) is 19.1 Å². The van der Waals surface area contributed by atoms with Crippen molar-refractivity contribution >= 4 is 17.8 Å². The Kier molecular flexibility index (Phi) is 3.52. The predicted molar refractivity (Wildman–Crippen MR) is 82.2 cm³/mol. The summed E-state index contributed by atoms with van der Waals surface area (Å²) in [5.74, 6) is -2.47. The third-order valence-electron chi connectivity index (χ3n) is 5.05. The number of imide groups is 1. The summed E-state index contributed by atoms with van der Waals surface area (Å²) in [6.45, 7) is 3.61. The van der Waals surface area contributed by atoms with E-state index >= 15 is 0 Å². The van der Waals surface area contributed by atoms with E-state index in [0.717, 1.165) is 16.0 Å². The first-order valence-electron chi connectivity index (χ1n) is 7.55. The van der Waals surface area contributed by atoms with E-state index in [-0.39, 0.29) is 11.8 Å². The molecule has 4 atom stereocenters. The van der Waals surface area contributed by atoms with E-state index in [0.29, 0.717) is 0 Å². The summed E-state index contributed by atoms with van der Waals surface area (Å²) < 4.78 is 4.88. The minimum Gasteiger partial charge on any atom is -0.468 e. The molecular formula is C17H20N2O4. The zero-order valence-electron chi connectivity index (χ0n) is 13.6. The second-order valence-electron chi connectivity index (χ2n) is 6.47. The fourth-order valence-corrected chi connectivity index (χ4v) is 3.74. The van der Waals surface area contributed by atoms with E-state index in [9.17, 15) is 14.4 Å². The Hall–Kier alpha value is -2.21. The second-order valence-corrected chi connectivity index (χ2v) is 6.47. The number of hydrogen-bond donors (Lipinski definition) is 1. The molecule has 2 fully saturated rings. The fourth-order valence-electron chi connectivity index (χ4n) is 3.74. The van der Waals surface area contributed by atoms with Gasteiger partial charge in [-0.2, -0.15) is 0 Å². The Labute approximate surface area is 134 Å². The lowest BCUT2D eigenvalue weighted by Crippen LogP contribution is -2.53. The van der Waals surface area contributed by atoms with E-state index < -0.39 is 29.4 Å². The average molecular weight is 316 g/mol. The summed E-state index contributed by atoms with van der Waals surface area (Å²) in [6, 6.07) is 7.34. The fraction of sp³-hybridized carbons (Fsp3) is 0.471. The number of carbonyl (C=O) groups is 3. The number of ether oxygens (including phenoxy) is 1. The molecule has 2 saturated heterocycles. The van der Waals surface area contributed by atoms with Crippen LogP contribution >= 0.6 is 0 Å². The smallest absolute Gasteiger partial charge is 0.326 e. The summed E-state index contributed by atoms with van der Waals surface area (Å²) >= 11 is 0. The molecule has 2 aliphatic heterocycles. The van der Waals surface area contributed by atoms with Crippen LogP contribution in [0.3, 0.4) is 0 Å². The van der Waals surface area contributed by atoms with Crippen molar-refractivity contribution in [1.29, 1.82) is 0 Å². The maximum absolute atomic E-state index is 12.6. The van der Waals surface area contributed by atoms with E-state index in [1.807, 2.05) is 31.2 Å². The van der Waals surface area contributed by atoms with Gasteiger partial charge in [0.2, 0.25) is 11.8 Å². The van der Waals surface area contributed by atoms with Gasteiger partial charge in [0.05, 0.1) is 18.9 Å². The van der Waals surface area contributed by atoms with Gasteiger partial charge in [-0.25, -0.2) is 0 Å². The van der Waals surface area contributed by atoms with E-state index in [1.165, 1.54) is 14.2 Å². The van der Waals surface area contributed by atoms with Gasteiger partial charge in [0, 0.05) is 13.1 Å². The number of likely N-dealkylation sites (tertiary alicyclic amines) is 1. The highest BCUT2D eigenvalue weighted by Gasteiger charge is 2.66. The van der Waals surface area contributed by atoms with E-state index in [2.05, 4.69) is 5.32 Å². The van der Waals surface area contributed by atoms with Crippen molar-refractivity contribution in [3.63, 3.8) is 0 Å². The lowest BCUT2D eigenvalue weighted by Gasteiger charge is -2.27. The molecule has 0 saturated carbocycles. The monoisotopic (exact) mass is 316 g/mol. The summed E-state index contributed by atoms with van der Waals surface area (Å²) in [6.07, 6.45) is 0. The number of fused-ring (bicyclic) bond motifs is 1. The Bertz CT molecular complexity index is 684. The van der Waals surface area contributed by atoms with Crippen LogP contribution in [0.5, 0.6) is 0 Å². The Balaban J connectivity index is 2.09. The molecule has 2 heterocycles. The Morgan fingerprint density at radius 3 is 2.39 bits per heavy atom. The van der Waals surface area contributed by atoms with Crippen LogP contribution < -0.4 is 5.32 Å². The number of carbonyl (C=O) groups excluding carboxylic acids is 3. The molecule has 6 nitrogen and oxygen atoms in total. The number of amides is 2. The zero-order valence-corrected chi connectivity index (χ0v) is 13.6. The topological polar surface area (TPSA) is 75.7 Å². The molecule has 0 aliphatic carbocycles. The lowest BCUT2D eigenvalue weighted by atomic mass is 9.80. The lowest BCUT2D eigenvalue weighted by molar-refractivity contribution is -0.152. The summed E-state index contributed by atoms with van der Waals surface area (Å²) in [5.41, 5.74) is 0.770. The number of nitrogens with one attached hydrogen (secondary N) is 1. The Morgan fingerprint density at radius 1 is 1.22 bits per heavy atom. The molecule has 122 valence electrons. The van der Waals surface area contributed by atoms with Gasteiger partial charge in [0.1, 0.15) is 5.54 Å². The number of aryl methyl sites for hydroxylation is 1. The van der Waals surface area contributed by atoms with E-state index in [4.69, 9.17) is 4.74 Å². The number of hydrogen-bond acceptors (Lipinski definition) is 5. The molecule has 2 aliphatic rings. The first-order valence-corrected chi connectivity index (χ1v) is 7.55. The second kappa shape index (κ2) is 5.16. The summed E-state index contributed by atoms with van der Waals surface area (Å²) in [4.78, 5) is 38.5. The van der Waals surface area contributed by atoms with E-state index in [1.54, 1.807) is 6.92 Å². The van der Waals surface area contributed by atoms with Crippen molar-refractivity contribution in [2.75, 3.05) is 14.2 Å². The molecule has 6 heteroatoms. The van der Waals surface area contributed by atoms with Gasteiger partial charge in [-0.05, 0) is 19.4 Å². The van der Waals surface area contributed by atoms with Crippen LogP contribution in [0.4, 0.5) is 0 Å². The molecule has 0 unspecified atom stereocenters. The number of rotatable bonds is 2. The first kappa shape index (κ1) is 15.7. The molecule has 3 rings (SSSR count). The van der Waals surface area contributed by atoms with Crippen LogP contribution in [0.1, 0.15) is 24.1 Å². The molecular weight excluding hydrogens is 296 g/mol. The van der Waals surface area contributed by atoms with Gasteiger partial charge in [0.15, 0.2) is 0 Å². The molecule has 0 radical (unpaired) electrons. The molecule has 1 aromatic carbocycles. The molecule has 23 heavy (non-hydrogen) atoms. The number of methoxy groups -OCH3 is 1. The van der Waals surface area contributed by atoms with Crippen LogP contribution in [-0.4, -0.2) is 42.4 Å². The molecule has 0 bridgehead atoms. The van der Waals surface area contributed by atoms with Gasteiger partial charge in [-0.15, -0.1) is 0 Å². The van der Waals surface area contributed by atoms with Crippen molar-refractivity contribution in [2.24, 2.45) is 11.8 Å². The van der Waals surface area contributed by atoms with Gasteiger partial charge in [-0.1, -0.05) is 29.8 Å². The van der Waals surface area contributed by atoms with Crippen LogP contribution in [0, 0.1) is 18.8 Å².